The smallest absolute Gasteiger partial charge is 0.223 e. The van der Waals surface area contributed by atoms with Gasteiger partial charge in [0.1, 0.15) is 5.82 Å². The van der Waals surface area contributed by atoms with Crippen LogP contribution < -0.4 is 5.32 Å². The summed E-state index contributed by atoms with van der Waals surface area (Å²) >= 11 is 0. The number of nitrogens with zero attached hydrogens (tertiary/aromatic N) is 2. The van der Waals surface area contributed by atoms with Gasteiger partial charge in [0.2, 0.25) is 5.91 Å². The minimum Gasteiger partial charge on any atom is -0.353 e. The highest BCUT2D eigenvalue weighted by Gasteiger charge is 2.26. The summed E-state index contributed by atoms with van der Waals surface area (Å²) in [6.07, 6.45) is 3.70. The number of rotatable bonds is 9. The lowest BCUT2D eigenvalue weighted by molar-refractivity contribution is -0.127. The van der Waals surface area contributed by atoms with E-state index in [1.165, 1.54) is 34.3 Å². The summed E-state index contributed by atoms with van der Waals surface area (Å²) in [4.78, 5) is 15.4. The molecule has 3 aromatic carbocycles. The molecule has 0 spiro atoms. The number of para-hydroxylation sites is 1. The second kappa shape index (κ2) is 11.7. The number of halogens is 1. The van der Waals surface area contributed by atoms with Crippen LogP contribution in [0.3, 0.4) is 0 Å². The van der Waals surface area contributed by atoms with Crippen LogP contribution in [-0.2, 0) is 24.3 Å². The fraction of sp³-hybridized carbons (Fsp3) is 0.344. The predicted molar refractivity (Wildman–Crippen MR) is 148 cm³/mol. The molecule has 1 fully saturated rings. The monoisotopic (exact) mass is 497 g/mol. The molecule has 4 aromatic rings. The Kier molecular flexibility index (Phi) is 8.00. The molecule has 0 radical (unpaired) electrons. The lowest BCUT2D eigenvalue weighted by Crippen LogP contribution is -2.43. The summed E-state index contributed by atoms with van der Waals surface area (Å²) in [7, 11) is 0. The molecular weight excluding hydrogens is 461 g/mol. The number of aromatic nitrogens is 1. The van der Waals surface area contributed by atoms with Gasteiger partial charge >= 0.3 is 0 Å². The highest BCUT2D eigenvalue weighted by atomic mass is 19.1. The molecule has 192 valence electrons. The Balaban J connectivity index is 1.17. The van der Waals surface area contributed by atoms with Crippen LogP contribution in [0, 0.1) is 11.7 Å². The van der Waals surface area contributed by atoms with Crippen LogP contribution in [-0.4, -0.2) is 34.5 Å². The number of benzene rings is 3. The highest BCUT2D eigenvalue weighted by molar-refractivity contribution is 5.81. The van der Waals surface area contributed by atoms with Gasteiger partial charge in [-0.3, -0.25) is 9.69 Å². The number of hydrogen-bond donors (Lipinski definition) is 1. The summed E-state index contributed by atoms with van der Waals surface area (Å²) < 4.78 is 15.8. The third-order valence-electron chi connectivity index (χ3n) is 7.59. The minimum absolute atomic E-state index is 0.0838. The fourth-order valence-corrected chi connectivity index (χ4v) is 5.40. The van der Waals surface area contributed by atoms with Crippen LogP contribution in [0.5, 0.6) is 0 Å². The van der Waals surface area contributed by atoms with Crippen molar-refractivity contribution in [2.24, 2.45) is 5.92 Å². The zero-order valence-corrected chi connectivity index (χ0v) is 21.6. The number of nitrogens with one attached hydrogen (secondary N) is 1. The van der Waals surface area contributed by atoms with Crippen molar-refractivity contribution in [2.75, 3.05) is 13.1 Å². The third kappa shape index (κ3) is 6.47. The van der Waals surface area contributed by atoms with Crippen LogP contribution in [0.25, 0.3) is 10.9 Å². The van der Waals surface area contributed by atoms with Crippen molar-refractivity contribution >= 4 is 16.8 Å². The normalized spacial score (nSPS) is 15.6. The van der Waals surface area contributed by atoms with Crippen LogP contribution in [0.2, 0.25) is 0 Å². The van der Waals surface area contributed by atoms with E-state index in [1.54, 1.807) is 0 Å². The summed E-state index contributed by atoms with van der Waals surface area (Å²) in [5.41, 5.74) is 4.85. The van der Waals surface area contributed by atoms with Gasteiger partial charge in [0.05, 0.1) is 0 Å². The van der Waals surface area contributed by atoms with Crippen molar-refractivity contribution in [3.8, 4) is 0 Å². The molecule has 1 saturated heterocycles. The van der Waals surface area contributed by atoms with Crippen LogP contribution in [0.4, 0.5) is 4.39 Å². The van der Waals surface area contributed by atoms with E-state index >= 15 is 0 Å². The standard InChI is InChI=1S/C32H36FN3O/c1-24(11-12-25-7-3-2-4-8-25)34-32(37)27-17-19-35(20-18-27)23-30-21-28-9-5-6-10-31(28)36(30)22-26-13-15-29(33)16-14-26/h2-10,13-16,21,24,27H,11-12,17-20,22-23H2,1H3,(H,34,37). The van der Waals surface area contributed by atoms with Gasteiger partial charge in [-0.1, -0.05) is 60.7 Å². The minimum atomic E-state index is -0.209. The van der Waals surface area contributed by atoms with E-state index in [1.807, 2.05) is 18.2 Å². The maximum absolute atomic E-state index is 13.4. The lowest BCUT2D eigenvalue weighted by atomic mass is 9.95. The second-order valence-corrected chi connectivity index (χ2v) is 10.4. The molecular formula is C32H36FN3O. The van der Waals surface area contributed by atoms with E-state index in [0.29, 0.717) is 6.54 Å². The van der Waals surface area contributed by atoms with E-state index in [4.69, 9.17) is 0 Å². The van der Waals surface area contributed by atoms with Crippen molar-refractivity contribution < 1.29 is 9.18 Å². The number of fused-ring (bicyclic) bond motifs is 1. The first kappa shape index (κ1) is 25.2. The predicted octanol–water partition coefficient (Wildman–Crippen LogP) is 6.18. The Hall–Kier alpha value is -3.44. The Labute approximate surface area is 219 Å². The van der Waals surface area contributed by atoms with Gasteiger partial charge in [-0.25, -0.2) is 4.39 Å². The van der Waals surface area contributed by atoms with Gasteiger partial charge in [-0.2, -0.15) is 0 Å². The molecule has 1 aliphatic heterocycles. The summed E-state index contributed by atoms with van der Waals surface area (Å²) in [5, 5.41) is 4.47. The molecule has 0 bridgehead atoms. The van der Waals surface area contributed by atoms with Gasteiger partial charge in [-0.05, 0) is 86.5 Å². The SMILES string of the molecule is CC(CCc1ccccc1)NC(=O)C1CCN(Cc2cc3ccccc3n2Cc2ccc(F)cc2)CC1. The molecule has 37 heavy (non-hydrogen) atoms. The van der Waals surface area contributed by atoms with Crippen molar-refractivity contribution in [3.63, 3.8) is 0 Å². The van der Waals surface area contributed by atoms with Gasteiger partial charge in [0.25, 0.3) is 0 Å². The molecule has 1 amide bonds. The Morgan fingerprint density at radius 2 is 1.62 bits per heavy atom. The molecule has 1 aromatic heterocycles. The molecule has 0 saturated carbocycles. The number of carbonyl (C=O) groups excluding carboxylic acids is 1. The Bertz CT molecular complexity index is 1310. The van der Waals surface area contributed by atoms with Crippen LogP contribution >= 0.6 is 0 Å². The van der Waals surface area contributed by atoms with Gasteiger partial charge in [0.15, 0.2) is 0 Å². The number of carbonyl (C=O) groups is 1. The van der Waals surface area contributed by atoms with E-state index in [2.05, 4.69) is 76.3 Å². The zero-order chi connectivity index (χ0) is 25.6. The molecule has 1 unspecified atom stereocenters. The number of likely N-dealkylation sites (tertiary alicyclic amines) is 1. The second-order valence-electron chi connectivity index (χ2n) is 10.4. The van der Waals surface area contributed by atoms with E-state index < -0.39 is 0 Å². The number of amides is 1. The lowest BCUT2D eigenvalue weighted by Gasteiger charge is -2.32. The maximum Gasteiger partial charge on any atom is 0.223 e. The fourth-order valence-electron chi connectivity index (χ4n) is 5.40. The molecule has 1 N–H and O–H groups in total. The first-order chi connectivity index (χ1) is 18.0. The maximum atomic E-state index is 13.4. The molecule has 4 nitrogen and oxygen atoms in total. The number of piperidine rings is 1. The quantitative estimate of drug-likeness (QED) is 0.300. The molecule has 0 aliphatic carbocycles. The van der Waals surface area contributed by atoms with E-state index in [-0.39, 0.29) is 23.7 Å². The molecule has 1 atom stereocenters. The van der Waals surface area contributed by atoms with Crippen molar-refractivity contribution in [2.45, 2.75) is 51.7 Å². The first-order valence-electron chi connectivity index (χ1n) is 13.4. The summed E-state index contributed by atoms with van der Waals surface area (Å²) in [6, 6.07) is 28.1. The molecule has 2 heterocycles. The van der Waals surface area contributed by atoms with Gasteiger partial charge in [-0.15, -0.1) is 0 Å². The largest absolute Gasteiger partial charge is 0.353 e. The van der Waals surface area contributed by atoms with Crippen molar-refractivity contribution in [3.05, 3.63) is 108 Å². The van der Waals surface area contributed by atoms with Crippen molar-refractivity contribution in [1.29, 1.82) is 0 Å². The van der Waals surface area contributed by atoms with Crippen molar-refractivity contribution in [1.82, 2.24) is 14.8 Å². The first-order valence-corrected chi connectivity index (χ1v) is 13.4. The zero-order valence-electron chi connectivity index (χ0n) is 21.6. The number of hydrogen-bond acceptors (Lipinski definition) is 2. The van der Waals surface area contributed by atoms with Gasteiger partial charge < -0.3 is 9.88 Å². The summed E-state index contributed by atoms with van der Waals surface area (Å²) in [6.45, 7) is 5.49. The Morgan fingerprint density at radius 3 is 2.38 bits per heavy atom. The number of aryl methyl sites for hydroxylation is 1. The molecule has 1 aliphatic rings. The van der Waals surface area contributed by atoms with E-state index in [0.717, 1.165) is 50.9 Å². The highest BCUT2D eigenvalue weighted by Crippen LogP contribution is 2.25. The Morgan fingerprint density at radius 1 is 0.919 bits per heavy atom. The van der Waals surface area contributed by atoms with Crippen LogP contribution in [0.15, 0.2) is 84.9 Å². The average molecular weight is 498 g/mol. The topological polar surface area (TPSA) is 37.3 Å². The van der Waals surface area contributed by atoms with E-state index in [9.17, 15) is 9.18 Å². The molecule has 5 rings (SSSR count). The van der Waals surface area contributed by atoms with Crippen LogP contribution in [0.1, 0.15) is 43.0 Å². The van der Waals surface area contributed by atoms with Gasteiger partial charge in [0, 0.05) is 36.3 Å². The summed E-state index contributed by atoms with van der Waals surface area (Å²) in [5.74, 6) is 0.0740. The third-order valence-corrected chi connectivity index (χ3v) is 7.59. The average Bonchev–Trinajstić information content (AvgIpc) is 3.26. The molecule has 5 heteroatoms.